The third-order valence-corrected chi connectivity index (χ3v) is 3.98. The van der Waals surface area contributed by atoms with Gasteiger partial charge in [0.2, 0.25) is 0 Å². The fourth-order valence-electron chi connectivity index (χ4n) is 3.07. The maximum absolute atomic E-state index is 5.43. The molecule has 1 aliphatic rings. The molecule has 0 spiro atoms. The van der Waals surface area contributed by atoms with Gasteiger partial charge in [-0.15, -0.1) is 0 Å². The molecule has 0 radical (unpaired) electrons. The molecule has 100 valence electrons. The minimum Gasteiger partial charge on any atom is -0.359 e. The Morgan fingerprint density at radius 3 is 2.79 bits per heavy atom. The first-order valence-electron chi connectivity index (χ1n) is 6.90. The van der Waals surface area contributed by atoms with E-state index < -0.39 is 0 Å². The van der Waals surface area contributed by atoms with Gasteiger partial charge in [-0.1, -0.05) is 35.5 Å². The normalized spacial score (nSPS) is 23.9. The van der Waals surface area contributed by atoms with Crippen molar-refractivity contribution in [1.29, 1.82) is 0 Å². The van der Waals surface area contributed by atoms with Crippen LogP contribution >= 0.6 is 0 Å². The molecular weight excluding hydrogens is 236 g/mol. The van der Waals surface area contributed by atoms with Crippen LogP contribution in [0.15, 0.2) is 40.9 Å². The second-order valence-corrected chi connectivity index (χ2v) is 5.62. The van der Waals surface area contributed by atoms with Crippen molar-refractivity contribution >= 4 is 0 Å². The average molecular weight is 256 g/mol. The number of hydrogen-bond acceptors (Lipinski definition) is 3. The molecule has 3 rings (SSSR count). The van der Waals surface area contributed by atoms with Crippen LogP contribution in [0.2, 0.25) is 0 Å². The highest BCUT2D eigenvalue weighted by molar-refractivity contribution is 5.17. The molecule has 0 unspecified atom stereocenters. The van der Waals surface area contributed by atoms with E-state index in [2.05, 4.69) is 53.5 Å². The average Bonchev–Trinajstić information content (AvgIpc) is 2.97. The van der Waals surface area contributed by atoms with E-state index in [0.717, 1.165) is 30.8 Å². The van der Waals surface area contributed by atoms with Crippen LogP contribution in [0.3, 0.4) is 0 Å². The Kier molecular flexibility index (Phi) is 3.38. The molecule has 2 atom stereocenters. The zero-order valence-electron chi connectivity index (χ0n) is 11.5. The van der Waals surface area contributed by atoms with Crippen LogP contribution < -0.4 is 0 Å². The molecule has 3 nitrogen and oxygen atoms in total. The van der Waals surface area contributed by atoms with Crippen molar-refractivity contribution in [2.75, 3.05) is 13.6 Å². The highest BCUT2D eigenvalue weighted by Crippen LogP contribution is 2.35. The van der Waals surface area contributed by atoms with E-state index in [1.807, 2.05) is 6.92 Å². The van der Waals surface area contributed by atoms with Crippen LogP contribution in [0.1, 0.15) is 29.5 Å². The smallest absolute Gasteiger partial charge is 0.154 e. The van der Waals surface area contributed by atoms with Gasteiger partial charge in [0.1, 0.15) is 0 Å². The van der Waals surface area contributed by atoms with Crippen LogP contribution in [0.5, 0.6) is 0 Å². The summed E-state index contributed by atoms with van der Waals surface area (Å²) in [5, 5.41) is 4.00. The van der Waals surface area contributed by atoms with Crippen molar-refractivity contribution in [2.45, 2.75) is 25.8 Å². The van der Waals surface area contributed by atoms with Crippen molar-refractivity contribution in [2.24, 2.45) is 5.92 Å². The molecule has 1 saturated heterocycles. The van der Waals surface area contributed by atoms with E-state index in [4.69, 9.17) is 4.52 Å². The maximum Gasteiger partial charge on any atom is 0.154 e. The topological polar surface area (TPSA) is 29.3 Å². The van der Waals surface area contributed by atoms with E-state index in [0.29, 0.717) is 12.0 Å². The van der Waals surface area contributed by atoms with Gasteiger partial charge in [-0.25, -0.2) is 0 Å². The molecule has 19 heavy (non-hydrogen) atoms. The van der Waals surface area contributed by atoms with Crippen LogP contribution in [0, 0.1) is 12.8 Å². The molecule has 2 aromatic rings. The predicted molar refractivity (Wildman–Crippen MR) is 74.9 cm³/mol. The quantitative estimate of drug-likeness (QED) is 0.844. The van der Waals surface area contributed by atoms with Gasteiger partial charge in [0.25, 0.3) is 0 Å². The van der Waals surface area contributed by atoms with E-state index in [9.17, 15) is 0 Å². The Hall–Kier alpha value is -1.61. The van der Waals surface area contributed by atoms with Crippen molar-refractivity contribution in [3.8, 4) is 0 Å². The summed E-state index contributed by atoms with van der Waals surface area (Å²) in [5.41, 5.74) is 2.39. The SMILES string of the molecule is Cc1cc([C@@H]2C[C@H](Cc3ccccc3)CN2C)on1. The molecule has 0 saturated carbocycles. The minimum atomic E-state index is 0.384. The molecule has 0 aliphatic carbocycles. The monoisotopic (exact) mass is 256 g/mol. The largest absolute Gasteiger partial charge is 0.359 e. The summed E-state index contributed by atoms with van der Waals surface area (Å²) in [5.74, 6) is 1.71. The Labute approximate surface area is 114 Å². The first-order chi connectivity index (χ1) is 9.22. The first kappa shape index (κ1) is 12.4. The van der Waals surface area contributed by atoms with Crippen molar-refractivity contribution in [3.05, 3.63) is 53.4 Å². The fourth-order valence-corrected chi connectivity index (χ4v) is 3.07. The zero-order valence-corrected chi connectivity index (χ0v) is 11.5. The van der Waals surface area contributed by atoms with Gasteiger partial charge in [0, 0.05) is 12.6 Å². The zero-order chi connectivity index (χ0) is 13.2. The summed E-state index contributed by atoms with van der Waals surface area (Å²) in [7, 11) is 2.17. The van der Waals surface area contributed by atoms with Gasteiger partial charge in [-0.2, -0.15) is 0 Å². The number of rotatable bonds is 3. The molecule has 1 aromatic heterocycles. The Balaban J connectivity index is 1.68. The molecule has 1 fully saturated rings. The molecule has 0 amide bonds. The summed E-state index contributed by atoms with van der Waals surface area (Å²) < 4.78 is 5.43. The van der Waals surface area contributed by atoms with Crippen molar-refractivity contribution in [1.82, 2.24) is 10.1 Å². The number of nitrogens with zero attached hydrogens (tertiary/aromatic N) is 2. The van der Waals surface area contributed by atoms with E-state index in [-0.39, 0.29) is 0 Å². The number of aryl methyl sites for hydroxylation is 1. The number of hydrogen-bond donors (Lipinski definition) is 0. The highest BCUT2D eigenvalue weighted by Gasteiger charge is 2.32. The lowest BCUT2D eigenvalue weighted by atomic mass is 9.96. The molecular formula is C16H20N2O. The number of benzene rings is 1. The Bertz CT molecular complexity index is 535. The van der Waals surface area contributed by atoms with Gasteiger partial charge < -0.3 is 4.52 Å². The summed E-state index contributed by atoms with van der Waals surface area (Å²) >= 11 is 0. The third kappa shape index (κ3) is 2.71. The first-order valence-corrected chi connectivity index (χ1v) is 6.90. The number of likely N-dealkylation sites (tertiary alicyclic amines) is 1. The van der Waals surface area contributed by atoms with Crippen LogP contribution in [-0.4, -0.2) is 23.6 Å². The molecule has 0 bridgehead atoms. The maximum atomic E-state index is 5.43. The molecule has 0 N–H and O–H groups in total. The number of aromatic nitrogens is 1. The van der Waals surface area contributed by atoms with Crippen LogP contribution in [0.4, 0.5) is 0 Å². The third-order valence-electron chi connectivity index (χ3n) is 3.98. The summed E-state index contributed by atoms with van der Waals surface area (Å²) in [4.78, 5) is 2.38. The lowest BCUT2D eigenvalue weighted by molar-refractivity contribution is 0.250. The fraction of sp³-hybridized carbons (Fsp3) is 0.438. The Morgan fingerprint density at radius 2 is 2.11 bits per heavy atom. The van der Waals surface area contributed by atoms with E-state index in [1.54, 1.807) is 0 Å². The summed E-state index contributed by atoms with van der Waals surface area (Å²) in [6.07, 6.45) is 2.30. The van der Waals surface area contributed by atoms with E-state index >= 15 is 0 Å². The second kappa shape index (κ2) is 5.17. The molecule has 3 heteroatoms. The lowest BCUT2D eigenvalue weighted by Crippen LogP contribution is -2.18. The standard InChI is InChI=1S/C16H20N2O/c1-12-8-16(19-17-12)15-10-14(11-18(15)2)9-13-6-4-3-5-7-13/h3-8,14-15H,9-11H2,1-2H3/t14-,15-/m0/s1. The lowest BCUT2D eigenvalue weighted by Gasteiger charge is -2.15. The van der Waals surface area contributed by atoms with Crippen LogP contribution in [0.25, 0.3) is 0 Å². The molecule has 1 aromatic carbocycles. The highest BCUT2D eigenvalue weighted by atomic mass is 16.5. The van der Waals surface area contributed by atoms with Crippen molar-refractivity contribution < 1.29 is 4.52 Å². The van der Waals surface area contributed by atoms with Crippen LogP contribution in [-0.2, 0) is 6.42 Å². The van der Waals surface area contributed by atoms with Gasteiger partial charge in [-0.05, 0) is 38.3 Å². The molecule has 2 heterocycles. The van der Waals surface area contributed by atoms with Gasteiger partial charge in [-0.3, -0.25) is 4.90 Å². The second-order valence-electron chi connectivity index (χ2n) is 5.62. The predicted octanol–water partition coefficient (Wildman–Crippen LogP) is 3.22. The van der Waals surface area contributed by atoms with E-state index in [1.165, 1.54) is 5.56 Å². The van der Waals surface area contributed by atoms with Gasteiger partial charge >= 0.3 is 0 Å². The Morgan fingerprint density at radius 1 is 1.32 bits per heavy atom. The minimum absolute atomic E-state index is 0.384. The van der Waals surface area contributed by atoms with Gasteiger partial charge in [0.15, 0.2) is 5.76 Å². The summed E-state index contributed by atoms with van der Waals surface area (Å²) in [6.45, 7) is 3.10. The van der Waals surface area contributed by atoms with Crippen molar-refractivity contribution in [3.63, 3.8) is 0 Å². The molecule has 1 aliphatic heterocycles. The summed E-state index contributed by atoms with van der Waals surface area (Å²) in [6, 6.07) is 13.2. The van der Waals surface area contributed by atoms with Gasteiger partial charge in [0.05, 0.1) is 11.7 Å².